The van der Waals surface area contributed by atoms with Gasteiger partial charge in [-0.1, -0.05) is 18.2 Å². The van der Waals surface area contributed by atoms with Crippen LogP contribution in [-0.4, -0.2) is 61.5 Å². The van der Waals surface area contributed by atoms with Crippen LogP contribution in [0.2, 0.25) is 0 Å². The summed E-state index contributed by atoms with van der Waals surface area (Å²) in [5, 5.41) is 9.91. The summed E-state index contributed by atoms with van der Waals surface area (Å²) >= 11 is 0. The summed E-state index contributed by atoms with van der Waals surface area (Å²) in [6, 6.07) is 7.36. The Labute approximate surface area is 151 Å². The average Bonchev–Trinajstić information content (AvgIpc) is 3.03. The van der Waals surface area contributed by atoms with Crippen LogP contribution in [0.1, 0.15) is 24.3 Å². The number of aliphatic carboxylic acids is 1. The summed E-state index contributed by atoms with van der Waals surface area (Å²) in [5.41, 5.74) is -0.326. The summed E-state index contributed by atoms with van der Waals surface area (Å²) in [6.45, 7) is 0.463. The molecule has 3 aliphatic rings. The molecule has 0 spiro atoms. The van der Waals surface area contributed by atoms with Crippen molar-refractivity contribution < 1.29 is 27.9 Å². The van der Waals surface area contributed by atoms with Gasteiger partial charge in [-0.3, -0.25) is 9.59 Å². The number of carbonyl (C=O) groups is 2. The van der Waals surface area contributed by atoms with Crippen LogP contribution in [0.15, 0.2) is 24.3 Å². The number of hydrogen-bond donors (Lipinski definition) is 1. The predicted octanol–water partition coefficient (Wildman–Crippen LogP) is 0.901. The van der Waals surface area contributed by atoms with Gasteiger partial charge >= 0.3 is 5.97 Å². The van der Waals surface area contributed by atoms with Crippen molar-refractivity contribution in [2.45, 2.75) is 18.8 Å². The number of carbonyl (C=O) groups excluding carboxylic acids is 1. The Hall–Kier alpha value is -2.09. The van der Waals surface area contributed by atoms with E-state index in [0.717, 1.165) is 5.56 Å². The van der Waals surface area contributed by atoms with Gasteiger partial charge in [0.2, 0.25) is 5.91 Å². The third-order valence-electron chi connectivity index (χ3n) is 5.96. The third kappa shape index (κ3) is 2.67. The van der Waals surface area contributed by atoms with Gasteiger partial charge in [-0.25, -0.2) is 8.42 Å². The molecule has 3 heterocycles. The number of nitrogens with zero attached hydrogens (tertiary/aromatic N) is 1. The number of hydrogen-bond acceptors (Lipinski definition) is 5. The minimum Gasteiger partial charge on any atom is -0.492 e. The molecular formula is C18H21NO6S. The molecule has 1 N–H and O–H groups in total. The molecule has 2 fully saturated rings. The monoisotopic (exact) mass is 379 g/mol. The van der Waals surface area contributed by atoms with Crippen LogP contribution in [0.5, 0.6) is 5.75 Å². The molecule has 0 saturated carbocycles. The van der Waals surface area contributed by atoms with E-state index in [9.17, 15) is 23.1 Å². The average molecular weight is 379 g/mol. The second-order valence-corrected chi connectivity index (χ2v) is 9.79. The van der Waals surface area contributed by atoms with E-state index >= 15 is 0 Å². The number of fused-ring (bicyclic) bond motifs is 3. The lowest BCUT2D eigenvalue weighted by atomic mass is 9.73. The first-order valence-corrected chi connectivity index (χ1v) is 10.6. The smallest absolute Gasteiger partial charge is 0.315 e. The van der Waals surface area contributed by atoms with Crippen molar-refractivity contribution in [3.63, 3.8) is 0 Å². The highest BCUT2D eigenvalue weighted by molar-refractivity contribution is 7.91. The lowest BCUT2D eigenvalue weighted by Gasteiger charge is -2.35. The molecule has 0 aliphatic carbocycles. The van der Waals surface area contributed by atoms with E-state index in [0.29, 0.717) is 25.1 Å². The molecule has 1 amide bonds. The van der Waals surface area contributed by atoms with E-state index in [1.54, 1.807) is 4.90 Å². The largest absolute Gasteiger partial charge is 0.492 e. The molecular weight excluding hydrogens is 358 g/mol. The maximum atomic E-state index is 12.9. The SMILES string of the molecule is O=C(C1CCS(=O)(=O)CC1)N1C[C@@H]2c3ccccc3OC[C@]2(C(=O)O)C1. The first-order chi connectivity index (χ1) is 12.3. The number of carboxylic acids is 1. The Morgan fingerprint density at radius 2 is 1.88 bits per heavy atom. The fourth-order valence-corrected chi connectivity index (χ4v) is 5.89. The molecule has 3 aliphatic heterocycles. The Kier molecular flexibility index (Phi) is 3.98. The maximum absolute atomic E-state index is 12.9. The number of amides is 1. The Morgan fingerprint density at radius 1 is 1.19 bits per heavy atom. The van der Waals surface area contributed by atoms with E-state index in [1.807, 2.05) is 24.3 Å². The second kappa shape index (κ2) is 5.97. The van der Waals surface area contributed by atoms with E-state index < -0.39 is 21.2 Å². The number of sulfone groups is 1. The molecule has 140 valence electrons. The van der Waals surface area contributed by atoms with Gasteiger partial charge in [0.05, 0.1) is 11.5 Å². The number of benzene rings is 1. The van der Waals surface area contributed by atoms with Gasteiger partial charge < -0.3 is 14.7 Å². The summed E-state index contributed by atoms with van der Waals surface area (Å²) in [5.74, 6) is -1.03. The molecule has 1 aromatic carbocycles. The zero-order chi connectivity index (χ0) is 18.5. The molecule has 2 atom stereocenters. The standard InChI is InChI=1S/C18H21NO6S/c20-16(12-5-7-26(23,24)8-6-12)19-9-14-13-3-1-2-4-15(13)25-11-18(14,10-19)17(21)22/h1-4,12,14H,5-11H2,(H,21,22)/t14-,18-/m1/s1. The Bertz CT molecular complexity index is 852. The highest BCUT2D eigenvalue weighted by Gasteiger charge is 2.57. The van der Waals surface area contributed by atoms with Crippen molar-refractivity contribution in [1.82, 2.24) is 4.90 Å². The van der Waals surface area contributed by atoms with Crippen LogP contribution < -0.4 is 4.74 Å². The number of likely N-dealkylation sites (tertiary alicyclic amines) is 1. The molecule has 26 heavy (non-hydrogen) atoms. The van der Waals surface area contributed by atoms with Gasteiger partial charge in [0, 0.05) is 30.5 Å². The zero-order valence-corrected chi connectivity index (χ0v) is 15.1. The van der Waals surface area contributed by atoms with E-state index in [-0.39, 0.29) is 42.4 Å². The highest BCUT2D eigenvalue weighted by atomic mass is 32.2. The minimum atomic E-state index is -3.04. The van der Waals surface area contributed by atoms with Gasteiger partial charge in [-0.05, 0) is 18.9 Å². The molecule has 4 rings (SSSR count). The molecule has 0 aromatic heterocycles. The highest BCUT2D eigenvalue weighted by Crippen LogP contribution is 2.50. The molecule has 1 aromatic rings. The number of carboxylic acid groups (broad SMARTS) is 1. The second-order valence-electron chi connectivity index (χ2n) is 7.49. The van der Waals surface area contributed by atoms with Gasteiger partial charge in [0.25, 0.3) is 0 Å². The van der Waals surface area contributed by atoms with Crippen molar-refractivity contribution >= 4 is 21.7 Å². The summed E-state index contributed by atoms with van der Waals surface area (Å²) < 4.78 is 28.9. The number of ether oxygens (including phenoxy) is 1. The molecule has 8 heteroatoms. The van der Waals surface area contributed by atoms with Crippen LogP contribution in [-0.2, 0) is 19.4 Å². The molecule has 7 nitrogen and oxygen atoms in total. The van der Waals surface area contributed by atoms with Crippen molar-refractivity contribution in [3.05, 3.63) is 29.8 Å². The summed E-state index contributed by atoms with van der Waals surface area (Å²) in [4.78, 5) is 26.6. The first-order valence-electron chi connectivity index (χ1n) is 8.77. The minimum absolute atomic E-state index is 0.0245. The number of rotatable bonds is 2. The predicted molar refractivity (Wildman–Crippen MR) is 92.7 cm³/mol. The van der Waals surface area contributed by atoms with Crippen LogP contribution in [0, 0.1) is 11.3 Å². The quantitative estimate of drug-likeness (QED) is 0.819. The van der Waals surface area contributed by atoms with Crippen molar-refractivity contribution in [1.29, 1.82) is 0 Å². The zero-order valence-electron chi connectivity index (χ0n) is 14.3. The van der Waals surface area contributed by atoms with E-state index in [1.165, 1.54) is 0 Å². The number of para-hydroxylation sites is 1. The Balaban J connectivity index is 1.60. The van der Waals surface area contributed by atoms with E-state index in [2.05, 4.69) is 0 Å². The van der Waals surface area contributed by atoms with E-state index in [4.69, 9.17) is 4.74 Å². The molecule has 0 radical (unpaired) electrons. The maximum Gasteiger partial charge on any atom is 0.315 e. The van der Waals surface area contributed by atoms with Crippen LogP contribution in [0.3, 0.4) is 0 Å². The third-order valence-corrected chi connectivity index (χ3v) is 7.68. The topological polar surface area (TPSA) is 101 Å². The summed E-state index contributed by atoms with van der Waals surface area (Å²) in [7, 11) is -3.04. The van der Waals surface area contributed by atoms with Crippen LogP contribution in [0.25, 0.3) is 0 Å². The lowest BCUT2D eigenvalue weighted by Crippen LogP contribution is -2.46. The fourth-order valence-electron chi connectivity index (χ4n) is 4.40. The molecule has 2 saturated heterocycles. The lowest BCUT2D eigenvalue weighted by molar-refractivity contribution is -0.152. The van der Waals surface area contributed by atoms with Gasteiger partial charge in [0.15, 0.2) is 0 Å². The Morgan fingerprint density at radius 3 is 2.58 bits per heavy atom. The van der Waals surface area contributed by atoms with Crippen molar-refractivity contribution in [2.24, 2.45) is 11.3 Å². The molecule has 0 unspecified atom stereocenters. The van der Waals surface area contributed by atoms with Gasteiger partial charge in [0.1, 0.15) is 27.6 Å². The van der Waals surface area contributed by atoms with Crippen molar-refractivity contribution in [3.8, 4) is 5.75 Å². The van der Waals surface area contributed by atoms with Crippen LogP contribution in [0.4, 0.5) is 0 Å². The van der Waals surface area contributed by atoms with Gasteiger partial charge in [-0.2, -0.15) is 0 Å². The van der Waals surface area contributed by atoms with Crippen molar-refractivity contribution in [2.75, 3.05) is 31.2 Å². The first kappa shape index (κ1) is 17.3. The summed E-state index contributed by atoms with van der Waals surface area (Å²) in [6.07, 6.45) is 0.630. The van der Waals surface area contributed by atoms with Crippen LogP contribution >= 0.6 is 0 Å². The fraction of sp³-hybridized carbons (Fsp3) is 0.556. The van der Waals surface area contributed by atoms with Gasteiger partial charge in [-0.15, -0.1) is 0 Å². The molecule has 0 bridgehead atoms. The normalized spacial score (nSPS) is 30.2.